The van der Waals surface area contributed by atoms with Crippen molar-refractivity contribution in [2.75, 3.05) is 43.4 Å². The van der Waals surface area contributed by atoms with E-state index in [1.54, 1.807) is 6.07 Å². The van der Waals surface area contributed by atoms with Gasteiger partial charge in [-0.05, 0) is 31.3 Å². The van der Waals surface area contributed by atoms with Gasteiger partial charge in [0.05, 0.1) is 11.4 Å². The predicted molar refractivity (Wildman–Crippen MR) is 108 cm³/mol. The van der Waals surface area contributed by atoms with Crippen molar-refractivity contribution in [1.82, 2.24) is 4.90 Å². The highest BCUT2D eigenvalue weighted by molar-refractivity contribution is 6.04. The lowest BCUT2D eigenvalue weighted by Gasteiger charge is -2.35. The topological polar surface area (TPSA) is 48.7 Å². The first-order valence-corrected chi connectivity index (χ1v) is 9.20. The molecule has 5 nitrogen and oxygen atoms in total. The number of furan rings is 1. The summed E-state index contributed by atoms with van der Waals surface area (Å²) < 4.78 is 5.77. The summed E-state index contributed by atoms with van der Waals surface area (Å²) in [6.45, 7) is 3.92. The Morgan fingerprint density at radius 3 is 2.37 bits per heavy atom. The highest BCUT2D eigenvalue weighted by Gasteiger charge is 2.19. The van der Waals surface area contributed by atoms with Gasteiger partial charge >= 0.3 is 0 Å². The molecule has 1 fully saturated rings. The van der Waals surface area contributed by atoms with E-state index < -0.39 is 0 Å². The van der Waals surface area contributed by atoms with Crippen LogP contribution in [0.5, 0.6) is 0 Å². The van der Waals surface area contributed by atoms with Gasteiger partial charge in [-0.1, -0.05) is 42.5 Å². The van der Waals surface area contributed by atoms with Crippen molar-refractivity contribution in [2.24, 2.45) is 0 Å². The number of hydrogen-bond acceptors (Lipinski definition) is 4. The van der Waals surface area contributed by atoms with Crippen LogP contribution in [0.1, 0.15) is 10.6 Å². The number of nitrogens with one attached hydrogen (secondary N) is 1. The molecule has 1 saturated heterocycles. The summed E-state index contributed by atoms with van der Waals surface area (Å²) in [4.78, 5) is 17.3. The molecule has 1 aliphatic heterocycles. The smallest absolute Gasteiger partial charge is 0.291 e. The number of anilines is 2. The van der Waals surface area contributed by atoms with Crippen LogP contribution in [0.25, 0.3) is 11.3 Å². The van der Waals surface area contributed by atoms with E-state index in [1.807, 2.05) is 54.6 Å². The van der Waals surface area contributed by atoms with Crippen molar-refractivity contribution >= 4 is 17.3 Å². The Labute approximate surface area is 159 Å². The average Bonchev–Trinajstić information content (AvgIpc) is 3.20. The van der Waals surface area contributed by atoms with Crippen LogP contribution in [-0.2, 0) is 0 Å². The van der Waals surface area contributed by atoms with Gasteiger partial charge in [-0.3, -0.25) is 4.79 Å². The number of piperazine rings is 1. The maximum atomic E-state index is 12.7. The fraction of sp³-hybridized carbons (Fsp3) is 0.227. The summed E-state index contributed by atoms with van der Waals surface area (Å²) in [6, 6.07) is 21.3. The number of carbonyl (C=O) groups excluding carboxylic acids is 1. The first-order chi connectivity index (χ1) is 13.2. The Bertz CT molecular complexity index is 912. The van der Waals surface area contributed by atoms with Crippen LogP contribution in [0.2, 0.25) is 0 Å². The summed E-state index contributed by atoms with van der Waals surface area (Å²) in [5.74, 6) is 0.758. The highest BCUT2D eigenvalue weighted by Crippen LogP contribution is 2.28. The third-order valence-electron chi connectivity index (χ3n) is 4.88. The lowest BCUT2D eigenvalue weighted by Crippen LogP contribution is -2.44. The Hall–Kier alpha value is -3.05. The van der Waals surface area contributed by atoms with Gasteiger partial charge in [-0.2, -0.15) is 0 Å². The molecule has 5 heteroatoms. The Balaban J connectivity index is 1.51. The molecule has 0 unspecified atom stereocenters. The van der Waals surface area contributed by atoms with Crippen molar-refractivity contribution < 1.29 is 9.21 Å². The van der Waals surface area contributed by atoms with Gasteiger partial charge in [0.1, 0.15) is 5.76 Å². The molecule has 27 heavy (non-hydrogen) atoms. The third kappa shape index (κ3) is 3.88. The van der Waals surface area contributed by atoms with Crippen LogP contribution in [0, 0.1) is 0 Å². The lowest BCUT2D eigenvalue weighted by molar-refractivity contribution is 0.0997. The second kappa shape index (κ2) is 7.68. The fourth-order valence-electron chi connectivity index (χ4n) is 3.30. The summed E-state index contributed by atoms with van der Waals surface area (Å²) in [6.07, 6.45) is 0. The van der Waals surface area contributed by atoms with Gasteiger partial charge in [0, 0.05) is 31.7 Å². The SMILES string of the molecule is CN1CCN(c2ccccc2NC(=O)c2ccc(-c3ccccc3)o2)CC1. The van der Waals surface area contributed by atoms with Crippen LogP contribution in [0.4, 0.5) is 11.4 Å². The highest BCUT2D eigenvalue weighted by atomic mass is 16.3. The summed E-state index contributed by atoms with van der Waals surface area (Å²) in [7, 11) is 2.13. The maximum Gasteiger partial charge on any atom is 0.291 e. The minimum absolute atomic E-state index is 0.237. The van der Waals surface area contributed by atoms with Gasteiger partial charge in [0.25, 0.3) is 5.91 Å². The summed E-state index contributed by atoms with van der Waals surface area (Å²) in [5, 5.41) is 3.01. The maximum absolute atomic E-state index is 12.7. The number of rotatable bonds is 4. The molecule has 0 spiro atoms. The van der Waals surface area contributed by atoms with Crippen LogP contribution >= 0.6 is 0 Å². The zero-order chi connectivity index (χ0) is 18.6. The largest absolute Gasteiger partial charge is 0.451 e. The van der Waals surface area contributed by atoms with E-state index in [9.17, 15) is 4.79 Å². The van der Waals surface area contributed by atoms with Crippen LogP contribution in [0.15, 0.2) is 71.1 Å². The minimum Gasteiger partial charge on any atom is -0.451 e. The molecule has 138 valence electrons. The average molecular weight is 361 g/mol. The molecule has 2 aromatic carbocycles. The van der Waals surface area contributed by atoms with Crippen LogP contribution < -0.4 is 10.2 Å². The number of amides is 1. The van der Waals surface area contributed by atoms with E-state index in [0.29, 0.717) is 11.5 Å². The predicted octanol–water partition coefficient (Wildman–Crippen LogP) is 3.95. The van der Waals surface area contributed by atoms with E-state index >= 15 is 0 Å². The van der Waals surface area contributed by atoms with Crippen molar-refractivity contribution in [3.05, 3.63) is 72.5 Å². The third-order valence-corrected chi connectivity index (χ3v) is 4.88. The van der Waals surface area contributed by atoms with E-state index in [0.717, 1.165) is 43.1 Å². The van der Waals surface area contributed by atoms with Gasteiger partial charge in [-0.15, -0.1) is 0 Å². The number of benzene rings is 2. The van der Waals surface area contributed by atoms with Gasteiger partial charge in [-0.25, -0.2) is 0 Å². The summed E-state index contributed by atoms with van der Waals surface area (Å²) >= 11 is 0. The quantitative estimate of drug-likeness (QED) is 0.764. The Kier molecular flexibility index (Phi) is 4.94. The van der Waals surface area contributed by atoms with Gasteiger partial charge in [0.15, 0.2) is 5.76 Å². The Morgan fingerprint density at radius 1 is 0.889 bits per heavy atom. The van der Waals surface area contributed by atoms with E-state index in [1.165, 1.54) is 0 Å². The van der Waals surface area contributed by atoms with Crippen molar-refractivity contribution in [2.45, 2.75) is 0 Å². The zero-order valence-electron chi connectivity index (χ0n) is 15.4. The van der Waals surface area contributed by atoms with Gasteiger partial charge in [0.2, 0.25) is 0 Å². The Morgan fingerprint density at radius 2 is 1.59 bits per heavy atom. The number of para-hydroxylation sites is 2. The number of likely N-dealkylation sites (N-methyl/N-ethyl adjacent to an activating group) is 1. The minimum atomic E-state index is -0.237. The molecular formula is C22H23N3O2. The second-order valence-corrected chi connectivity index (χ2v) is 6.79. The molecular weight excluding hydrogens is 338 g/mol. The van der Waals surface area contributed by atoms with Gasteiger partial charge < -0.3 is 19.5 Å². The van der Waals surface area contributed by atoms with E-state index in [4.69, 9.17) is 4.42 Å². The molecule has 2 heterocycles. The van der Waals surface area contributed by atoms with Crippen molar-refractivity contribution in [1.29, 1.82) is 0 Å². The molecule has 1 aromatic heterocycles. The summed E-state index contributed by atoms with van der Waals surface area (Å²) in [5.41, 5.74) is 2.81. The molecule has 3 aromatic rings. The monoisotopic (exact) mass is 361 g/mol. The standard InChI is InChI=1S/C22H23N3O2/c1-24-13-15-25(16-14-24)19-10-6-5-9-18(19)23-22(26)21-12-11-20(27-21)17-7-3-2-4-8-17/h2-12H,13-16H2,1H3,(H,23,26). The molecule has 0 atom stereocenters. The molecule has 1 amide bonds. The first kappa shape index (κ1) is 17.4. The molecule has 4 rings (SSSR count). The van der Waals surface area contributed by atoms with Crippen LogP contribution in [0.3, 0.4) is 0 Å². The van der Waals surface area contributed by atoms with Crippen molar-refractivity contribution in [3.8, 4) is 11.3 Å². The van der Waals surface area contributed by atoms with Crippen molar-refractivity contribution in [3.63, 3.8) is 0 Å². The first-order valence-electron chi connectivity index (χ1n) is 9.20. The molecule has 0 bridgehead atoms. The number of nitrogens with zero attached hydrogens (tertiary/aromatic N) is 2. The molecule has 0 aliphatic carbocycles. The number of hydrogen-bond donors (Lipinski definition) is 1. The molecule has 1 aliphatic rings. The van der Waals surface area contributed by atoms with E-state index in [-0.39, 0.29) is 5.91 Å². The molecule has 0 saturated carbocycles. The fourth-order valence-corrected chi connectivity index (χ4v) is 3.30. The molecule has 0 radical (unpaired) electrons. The second-order valence-electron chi connectivity index (χ2n) is 6.79. The molecule has 1 N–H and O–H groups in total. The lowest BCUT2D eigenvalue weighted by atomic mass is 10.2. The number of carbonyl (C=O) groups is 1. The normalized spacial score (nSPS) is 14.9. The zero-order valence-corrected chi connectivity index (χ0v) is 15.4. The van der Waals surface area contributed by atoms with E-state index in [2.05, 4.69) is 28.2 Å². The van der Waals surface area contributed by atoms with Crippen LogP contribution in [-0.4, -0.2) is 44.0 Å².